The van der Waals surface area contributed by atoms with E-state index < -0.39 is 15.9 Å². The normalized spacial score (nSPS) is 14.4. The fourth-order valence-electron chi connectivity index (χ4n) is 4.04. The summed E-state index contributed by atoms with van der Waals surface area (Å²) >= 11 is 6.30. The Balaban J connectivity index is 0.00000400. The minimum absolute atomic E-state index is 0. The number of nitrogens with one attached hydrogen (secondary N) is 1. The van der Waals surface area contributed by atoms with Gasteiger partial charge in [0.05, 0.1) is 22.9 Å². The molecule has 1 fully saturated rings. The van der Waals surface area contributed by atoms with Crippen LogP contribution in [-0.2, 0) is 10.0 Å². The summed E-state index contributed by atoms with van der Waals surface area (Å²) in [5.41, 5.74) is 7.16. The zero-order valence-electron chi connectivity index (χ0n) is 20.8. The molecule has 1 aliphatic heterocycles. The summed E-state index contributed by atoms with van der Waals surface area (Å²) in [4.78, 5) is 23.9. The number of pyridine rings is 2. The van der Waals surface area contributed by atoms with Gasteiger partial charge in [-0.15, -0.1) is 0 Å². The molecule has 3 heterocycles. The van der Waals surface area contributed by atoms with Crippen LogP contribution < -0.4 is 20.1 Å². The fourth-order valence-corrected chi connectivity index (χ4v) is 5.16. The van der Waals surface area contributed by atoms with Crippen molar-refractivity contribution in [1.29, 1.82) is 0 Å². The lowest BCUT2D eigenvalue weighted by atomic mass is 9.98. The Morgan fingerprint density at radius 3 is 2.65 bits per heavy atom. The van der Waals surface area contributed by atoms with E-state index in [0.29, 0.717) is 47.9 Å². The summed E-state index contributed by atoms with van der Waals surface area (Å²) in [5, 5.41) is 0.165. The minimum Gasteiger partial charge on any atom is -0.492 e. The summed E-state index contributed by atoms with van der Waals surface area (Å²) in [5.74, 6) is 0.776. The minimum atomic E-state index is -4.24. The van der Waals surface area contributed by atoms with Gasteiger partial charge in [-0.3, -0.25) is 4.79 Å². The molecule has 0 radical (unpaired) electrons. The van der Waals surface area contributed by atoms with Gasteiger partial charge in [0, 0.05) is 20.1 Å². The van der Waals surface area contributed by atoms with Crippen LogP contribution in [0.1, 0.15) is 44.9 Å². The van der Waals surface area contributed by atoms with Gasteiger partial charge in [-0.1, -0.05) is 37.6 Å². The first kappa shape index (κ1) is 26.7. The predicted octanol–water partition coefficient (Wildman–Crippen LogP) is 4.77. The number of carbonyl (C=O) groups excluding carboxylic acids is 1. The molecule has 2 aromatic heterocycles. The molecule has 1 aromatic carbocycles. The highest BCUT2D eigenvalue weighted by Gasteiger charge is 2.27. The number of nitrogens with zero attached hydrogens (tertiary/aromatic N) is 3. The predicted molar refractivity (Wildman–Crippen MR) is 146 cm³/mol. The second kappa shape index (κ2) is 11.4. The third kappa shape index (κ3) is 6.31. The molecule has 1 saturated heterocycles. The molecular weight excluding hydrogens is 514 g/mol. The van der Waals surface area contributed by atoms with Crippen LogP contribution in [0.15, 0.2) is 53.6 Å². The van der Waals surface area contributed by atoms with Crippen LogP contribution in [0.2, 0.25) is 5.02 Å². The molecule has 1 aliphatic rings. The van der Waals surface area contributed by atoms with E-state index >= 15 is 0 Å². The Bertz CT molecular complexity index is 1400. The number of rotatable bonds is 8. The van der Waals surface area contributed by atoms with Crippen LogP contribution in [0, 0.1) is 5.92 Å². The quantitative estimate of drug-likeness (QED) is 0.414. The van der Waals surface area contributed by atoms with Crippen molar-refractivity contribution < 1.29 is 19.4 Å². The van der Waals surface area contributed by atoms with Crippen molar-refractivity contribution in [2.75, 3.05) is 30.3 Å². The molecule has 0 bridgehead atoms. The van der Waals surface area contributed by atoms with E-state index in [9.17, 15) is 13.2 Å². The highest BCUT2D eigenvalue weighted by molar-refractivity contribution is 7.90. The molecule has 9 nitrogen and oxygen atoms in total. The average molecular weight is 546 g/mol. The maximum absolute atomic E-state index is 13.3. The molecule has 3 aromatic rings. The Morgan fingerprint density at radius 2 is 1.95 bits per heavy atom. The van der Waals surface area contributed by atoms with Gasteiger partial charge in [-0.25, -0.2) is 14.7 Å². The maximum Gasteiger partial charge on any atom is 0.281 e. The van der Waals surface area contributed by atoms with Crippen LogP contribution >= 0.6 is 11.6 Å². The number of halogens is 1. The van der Waals surface area contributed by atoms with Crippen LogP contribution in [0.5, 0.6) is 5.75 Å². The van der Waals surface area contributed by atoms with Gasteiger partial charge >= 0.3 is 0 Å². The molecule has 1 amide bonds. The standard InChI is InChI=1S/C26H30ClN5O4S.H2/c1-3-15-36-22-16-18(7-9-20(22)27)21-10-8-19(25(29-21)32-13-11-17(2)12-14-32)26(33)31-37(34,35)24-6-4-5-23(28)30-24;/h4-10,16-17H,3,11-15H2,1-2H3,(H2,28,30)(H,31,33);1H. The third-order valence-electron chi connectivity index (χ3n) is 6.14. The van der Waals surface area contributed by atoms with Crippen molar-refractivity contribution in [3.8, 4) is 17.0 Å². The first-order valence-electron chi connectivity index (χ1n) is 12.2. The third-order valence-corrected chi connectivity index (χ3v) is 7.68. The van der Waals surface area contributed by atoms with Crippen LogP contribution in [0.4, 0.5) is 11.6 Å². The number of amides is 1. The van der Waals surface area contributed by atoms with E-state index in [0.717, 1.165) is 24.8 Å². The van der Waals surface area contributed by atoms with Gasteiger partial charge in [0.2, 0.25) is 0 Å². The first-order valence-corrected chi connectivity index (χ1v) is 14.0. The Labute approximate surface area is 223 Å². The van der Waals surface area contributed by atoms with E-state index in [2.05, 4.69) is 16.6 Å². The molecule has 37 heavy (non-hydrogen) atoms. The second-order valence-corrected chi connectivity index (χ2v) is 11.1. The monoisotopic (exact) mass is 545 g/mol. The van der Waals surface area contributed by atoms with Gasteiger partial charge in [0.1, 0.15) is 17.4 Å². The summed E-state index contributed by atoms with van der Waals surface area (Å²) in [6.45, 7) is 6.13. The Kier molecular flexibility index (Phi) is 8.19. The van der Waals surface area contributed by atoms with Crippen molar-refractivity contribution in [1.82, 2.24) is 14.7 Å². The summed E-state index contributed by atoms with van der Waals surface area (Å²) < 4.78 is 33.5. The van der Waals surface area contributed by atoms with Crippen molar-refractivity contribution in [2.24, 2.45) is 5.92 Å². The van der Waals surface area contributed by atoms with Crippen LogP contribution in [0.25, 0.3) is 11.3 Å². The first-order chi connectivity index (χ1) is 17.7. The Morgan fingerprint density at radius 1 is 1.19 bits per heavy atom. The molecular formula is C26H32ClN5O4S. The van der Waals surface area contributed by atoms with Gasteiger partial charge in [0.15, 0.2) is 5.03 Å². The molecule has 4 rings (SSSR count). The van der Waals surface area contributed by atoms with Crippen LogP contribution in [-0.4, -0.2) is 44.0 Å². The number of hydrogen-bond acceptors (Lipinski definition) is 8. The van der Waals surface area contributed by atoms with E-state index in [1.807, 2.05) is 24.0 Å². The molecule has 0 spiro atoms. The number of anilines is 2. The van der Waals surface area contributed by atoms with Crippen molar-refractivity contribution in [3.63, 3.8) is 0 Å². The number of piperidine rings is 1. The topological polar surface area (TPSA) is 128 Å². The lowest BCUT2D eigenvalue weighted by molar-refractivity contribution is 0.0981. The van der Waals surface area contributed by atoms with E-state index in [1.54, 1.807) is 18.2 Å². The number of hydrogen-bond donors (Lipinski definition) is 2. The molecule has 0 unspecified atom stereocenters. The largest absolute Gasteiger partial charge is 0.492 e. The van der Waals surface area contributed by atoms with Crippen molar-refractivity contribution in [2.45, 2.75) is 38.1 Å². The number of benzene rings is 1. The smallest absolute Gasteiger partial charge is 0.281 e. The number of carbonyl (C=O) groups is 1. The van der Waals surface area contributed by atoms with Crippen LogP contribution in [0.3, 0.4) is 0 Å². The van der Waals surface area contributed by atoms with Gasteiger partial charge < -0.3 is 15.4 Å². The van der Waals surface area contributed by atoms with Crippen molar-refractivity contribution >= 4 is 39.2 Å². The van der Waals surface area contributed by atoms with E-state index in [-0.39, 0.29) is 17.8 Å². The molecule has 0 aliphatic carbocycles. The Hall–Kier alpha value is -3.37. The van der Waals surface area contributed by atoms with Gasteiger partial charge in [-0.05, 0) is 61.6 Å². The zero-order valence-corrected chi connectivity index (χ0v) is 22.3. The number of aromatic nitrogens is 2. The lowest BCUT2D eigenvalue weighted by Crippen LogP contribution is -2.37. The molecule has 0 atom stereocenters. The van der Waals surface area contributed by atoms with Gasteiger partial charge in [-0.2, -0.15) is 8.42 Å². The number of ether oxygens (including phenoxy) is 1. The number of nitrogen functional groups attached to an aromatic ring is 1. The van der Waals surface area contributed by atoms with E-state index in [4.69, 9.17) is 27.1 Å². The molecule has 3 N–H and O–H groups in total. The molecule has 198 valence electrons. The summed E-state index contributed by atoms with van der Waals surface area (Å²) in [7, 11) is -4.24. The summed E-state index contributed by atoms with van der Waals surface area (Å²) in [6, 6.07) is 12.9. The SMILES string of the molecule is CCCOc1cc(-c2ccc(C(=O)NS(=O)(=O)c3cccc(N)n3)c(N3CCC(C)CC3)n2)ccc1Cl.[HH]. The average Bonchev–Trinajstić information content (AvgIpc) is 2.88. The highest BCUT2D eigenvalue weighted by atomic mass is 35.5. The molecule has 11 heteroatoms. The zero-order chi connectivity index (χ0) is 26.6. The molecule has 0 saturated carbocycles. The summed E-state index contributed by atoms with van der Waals surface area (Å²) in [6.07, 6.45) is 2.72. The maximum atomic E-state index is 13.3. The number of sulfonamides is 1. The second-order valence-electron chi connectivity index (χ2n) is 9.07. The number of nitrogens with two attached hydrogens (primary N) is 1. The lowest BCUT2D eigenvalue weighted by Gasteiger charge is -2.32. The van der Waals surface area contributed by atoms with Crippen molar-refractivity contribution in [3.05, 3.63) is 59.1 Å². The fraction of sp³-hybridized carbons (Fsp3) is 0.346. The van der Waals surface area contributed by atoms with Gasteiger partial charge in [0.25, 0.3) is 15.9 Å². The highest BCUT2D eigenvalue weighted by Crippen LogP contribution is 2.33. The van der Waals surface area contributed by atoms with E-state index in [1.165, 1.54) is 18.2 Å².